The first-order valence-corrected chi connectivity index (χ1v) is 15.4. The maximum Gasteiger partial charge on any atom is 0.394 e. The van der Waals surface area contributed by atoms with E-state index >= 15 is 0 Å². The van der Waals surface area contributed by atoms with Crippen LogP contribution in [0.3, 0.4) is 0 Å². The Kier molecular flexibility index (Phi) is 23.1. The Balaban J connectivity index is -0.000000719. The molecule has 0 rings (SSSR count). The summed E-state index contributed by atoms with van der Waals surface area (Å²) in [5.41, 5.74) is 7.84. The SMILES string of the molecule is NC(F)(F)C(F)(F)C(F)CCCCCCCCC(F)(F)F.NC(F)(F)C(F)(F)C(F)CCCCCCCCC(F)(F)F.O=S(=O)(O)O. The van der Waals surface area contributed by atoms with E-state index in [0.717, 1.165) is 0 Å². The minimum atomic E-state index is -4.92. The number of halogens is 16. The second-order valence-electron chi connectivity index (χ2n) is 10.4. The van der Waals surface area contributed by atoms with Gasteiger partial charge in [-0.15, -0.1) is 0 Å². The van der Waals surface area contributed by atoms with Gasteiger partial charge in [0.2, 0.25) is 0 Å². The number of alkyl halides is 16. The van der Waals surface area contributed by atoms with E-state index in [-0.39, 0.29) is 25.7 Å². The number of rotatable bonds is 20. The number of hydrogen-bond acceptors (Lipinski definition) is 4. The maximum atomic E-state index is 13.0. The highest BCUT2D eigenvalue weighted by Crippen LogP contribution is 2.38. The van der Waals surface area contributed by atoms with Crippen molar-refractivity contribution >= 4 is 10.4 Å². The van der Waals surface area contributed by atoms with E-state index in [1.165, 1.54) is 0 Å². The second-order valence-corrected chi connectivity index (χ2v) is 11.3. The largest absolute Gasteiger partial charge is 0.394 e. The van der Waals surface area contributed by atoms with Crippen molar-refractivity contribution in [2.45, 2.75) is 151 Å². The Labute approximate surface area is 261 Å². The Hall–Kier alpha value is -1.33. The predicted molar refractivity (Wildman–Crippen MR) is 138 cm³/mol. The molecule has 6 nitrogen and oxygen atoms in total. The molecule has 0 spiro atoms. The van der Waals surface area contributed by atoms with Crippen LogP contribution in [0.5, 0.6) is 0 Å². The molecule has 0 saturated heterocycles. The third-order valence-electron chi connectivity index (χ3n) is 6.01. The summed E-state index contributed by atoms with van der Waals surface area (Å²) >= 11 is 0. The summed E-state index contributed by atoms with van der Waals surface area (Å²) < 4.78 is 228. The van der Waals surface area contributed by atoms with Crippen molar-refractivity contribution in [3.63, 3.8) is 0 Å². The van der Waals surface area contributed by atoms with Gasteiger partial charge in [0.25, 0.3) is 0 Å². The lowest BCUT2D eigenvalue weighted by atomic mass is 10.0. The zero-order valence-corrected chi connectivity index (χ0v) is 25.6. The van der Waals surface area contributed by atoms with Crippen molar-refractivity contribution in [2.24, 2.45) is 11.5 Å². The molecule has 0 amide bonds. The van der Waals surface area contributed by atoms with Crippen LogP contribution >= 0.6 is 0 Å². The van der Waals surface area contributed by atoms with E-state index in [4.69, 9.17) is 17.5 Å². The van der Waals surface area contributed by atoms with Crippen molar-refractivity contribution in [3.05, 3.63) is 0 Å². The predicted octanol–water partition coefficient (Wildman–Crippen LogP) is 9.74. The maximum absolute atomic E-state index is 13.0. The first-order valence-electron chi connectivity index (χ1n) is 14.0. The van der Waals surface area contributed by atoms with Gasteiger partial charge in [-0.2, -0.15) is 69.9 Å². The standard InChI is InChI=1S/2C12H19F8N.H2O4S/c2*13-9(11(17,18)12(19,20)21)7-5-3-1-2-4-6-8-10(14,15)16;1-5(2,3)4/h2*9H,1-8,21H2;(H2,1,2,3,4). The molecule has 2 atom stereocenters. The van der Waals surface area contributed by atoms with E-state index < -0.39 is 84.7 Å². The molecule has 0 heterocycles. The van der Waals surface area contributed by atoms with E-state index in [9.17, 15) is 70.2 Å². The third-order valence-corrected chi connectivity index (χ3v) is 6.01. The first kappa shape index (κ1) is 50.1. The fourth-order valence-corrected chi connectivity index (χ4v) is 3.49. The summed E-state index contributed by atoms with van der Waals surface area (Å²) in [6.07, 6.45) is -14.9. The van der Waals surface area contributed by atoms with E-state index in [1.807, 2.05) is 0 Å². The fourth-order valence-electron chi connectivity index (χ4n) is 3.49. The Morgan fingerprint density at radius 3 is 0.830 bits per heavy atom. The molecule has 0 radical (unpaired) electrons. The highest BCUT2D eigenvalue weighted by molar-refractivity contribution is 7.79. The lowest BCUT2D eigenvalue weighted by Crippen LogP contribution is -2.53. The quantitative estimate of drug-likeness (QED) is 0.0424. The van der Waals surface area contributed by atoms with Crippen LogP contribution < -0.4 is 11.5 Å². The molecule has 0 aromatic carbocycles. The summed E-state index contributed by atoms with van der Waals surface area (Å²) in [4.78, 5) is 0. The molecule has 0 aromatic rings. The van der Waals surface area contributed by atoms with Gasteiger partial charge in [-0.1, -0.05) is 64.2 Å². The van der Waals surface area contributed by atoms with Crippen LogP contribution in [-0.2, 0) is 10.4 Å². The molecule has 0 aliphatic heterocycles. The van der Waals surface area contributed by atoms with Gasteiger partial charge in [0.15, 0.2) is 12.3 Å². The second kappa shape index (κ2) is 21.7. The van der Waals surface area contributed by atoms with E-state index in [2.05, 4.69) is 11.5 Å². The minimum absolute atomic E-state index is 0.0211. The number of unbranched alkanes of at least 4 members (excludes halogenated alkanes) is 10. The minimum Gasteiger partial charge on any atom is -0.267 e. The van der Waals surface area contributed by atoms with Gasteiger partial charge in [0, 0.05) is 12.8 Å². The molecular weight excluding hydrogens is 716 g/mol. The average Bonchev–Trinajstić information content (AvgIpc) is 2.83. The van der Waals surface area contributed by atoms with Crippen molar-refractivity contribution in [2.75, 3.05) is 0 Å². The monoisotopic (exact) mass is 756 g/mol. The fraction of sp³-hybridized carbons (Fsp3) is 1.00. The van der Waals surface area contributed by atoms with Gasteiger partial charge in [-0.3, -0.25) is 20.6 Å². The van der Waals surface area contributed by atoms with Gasteiger partial charge in [0.05, 0.1) is 0 Å². The van der Waals surface area contributed by atoms with Crippen LogP contribution in [0.4, 0.5) is 70.2 Å². The van der Waals surface area contributed by atoms with Crippen molar-refractivity contribution < 1.29 is 87.8 Å². The molecule has 23 heteroatoms. The molecule has 0 bridgehead atoms. The average molecular weight is 757 g/mol. The van der Waals surface area contributed by atoms with E-state index in [0.29, 0.717) is 51.4 Å². The van der Waals surface area contributed by atoms with Gasteiger partial charge < -0.3 is 0 Å². The summed E-state index contributed by atoms with van der Waals surface area (Å²) in [6, 6.07) is -9.83. The van der Waals surface area contributed by atoms with Crippen LogP contribution in [0.2, 0.25) is 0 Å². The molecule has 47 heavy (non-hydrogen) atoms. The van der Waals surface area contributed by atoms with Crippen LogP contribution in [0, 0.1) is 0 Å². The summed E-state index contributed by atoms with van der Waals surface area (Å²) in [7, 11) is -4.67. The van der Waals surface area contributed by atoms with Crippen molar-refractivity contribution in [3.8, 4) is 0 Å². The Morgan fingerprint density at radius 2 is 0.638 bits per heavy atom. The molecule has 0 fully saturated rings. The van der Waals surface area contributed by atoms with Gasteiger partial charge >= 0.3 is 46.7 Å². The third kappa shape index (κ3) is 29.3. The van der Waals surface area contributed by atoms with Gasteiger partial charge in [-0.25, -0.2) is 8.78 Å². The molecule has 2 unspecified atom stereocenters. The number of nitrogens with two attached hydrogens (primary N) is 2. The van der Waals surface area contributed by atoms with Gasteiger partial charge in [-0.05, 0) is 25.7 Å². The lowest BCUT2D eigenvalue weighted by molar-refractivity contribution is -0.236. The van der Waals surface area contributed by atoms with Crippen LogP contribution in [0.15, 0.2) is 0 Å². The molecule has 0 saturated carbocycles. The molecule has 0 aromatic heterocycles. The summed E-state index contributed by atoms with van der Waals surface area (Å²) in [5.74, 6) is -9.83. The Morgan fingerprint density at radius 1 is 0.447 bits per heavy atom. The number of hydrogen-bond donors (Lipinski definition) is 4. The summed E-state index contributed by atoms with van der Waals surface area (Å²) in [6.45, 7) is 0. The molecule has 288 valence electrons. The van der Waals surface area contributed by atoms with Crippen LogP contribution in [0.1, 0.15) is 103 Å². The molecule has 0 aliphatic rings. The van der Waals surface area contributed by atoms with E-state index in [1.54, 1.807) is 0 Å². The lowest BCUT2D eigenvalue weighted by Gasteiger charge is -2.25. The van der Waals surface area contributed by atoms with Crippen molar-refractivity contribution in [1.82, 2.24) is 0 Å². The van der Waals surface area contributed by atoms with Crippen molar-refractivity contribution in [1.29, 1.82) is 0 Å². The molecule has 6 N–H and O–H groups in total. The zero-order chi connectivity index (χ0) is 38.0. The summed E-state index contributed by atoms with van der Waals surface area (Å²) in [5, 5.41) is 0. The van der Waals surface area contributed by atoms with Gasteiger partial charge in [0.1, 0.15) is 0 Å². The van der Waals surface area contributed by atoms with Crippen LogP contribution in [-0.4, -0.2) is 66.2 Å². The highest BCUT2D eigenvalue weighted by atomic mass is 32.3. The highest BCUT2D eigenvalue weighted by Gasteiger charge is 2.60. The molecular formula is C24H40F16N2O4S. The Bertz CT molecular complexity index is 843. The smallest absolute Gasteiger partial charge is 0.267 e. The first-order chi connectivity index (χ1) is 20.8. The topological polar surface area (TPSA) is 127 Å². The normalized spacial score (nSPS) is 14.9. The van der Waals surface area contributed by atoms with Crippen LogP contribution in [0.25, 0.3) is 0 Å². The molecule has 0 aliphatic carbocycles. The zero-order valence-electron chi connectivity index (χ0n) is 24.8.